The van der Waals surface area contributed by atoms with Crippen LogP contribution in [0.3, 0.4) is 0 Å². The molecule has 0 aromatic heterocycles. The summed E-state index contributed by atoms with van der Waals surface area (Å²) in [6, 6.07) is 3.95. The van der Waals surface area contributed by atoms with Crippen LogP contribution in [0.15, 0.2) is 24.3 Å². The molecule has 1 aromatic carbocycles. The summed E-state index contributed by atoms with van der Waals surface area (Å²) in [5.41, 5.74) is 0.713. The average molecular weight is 210 g/mol. The Labute approximate surface area is 89.6 Å². The standard InChI is InChI=1S/C13H16F2/c1-2-3-4-5-6-7-11-8-9-12(14)13(15)10-11/h6-10H,2-5H2,1H3/b7-6+. The van der Waals surface area contributed by atoms with Gasteiger partial charge in [0.1, 0.15) is 0 Å². The first-order valence-corrected chi connectivity index (χ1v) is 5.35. The molecule has 0 atom stereocenters. The maximum atomic E-state index is 12.8. The molecule has 15 heavy (non-hydrogen) atoms. The predicted octanol–water partition coefficient (Wildman–Crippen LogP) is 4.56. The van der Waals surface area contributed by atoms with E-state index in [9.17, 15) is 8.78 Å². The molecule has 0 nitrogen and oxygen atoms in total. The van der Waals surface area contributed by atoms with E-state index in [0.29, 0.717) is 5.56 Å². The van der Waals surface area contributed by atoms with Gasteiger partial charge in [-0.15, -0.1) is 0 Å². The van der Waals surface area contributed by atoms with E-state index >= 15 is 0 Å². The predicted molar refractivity (Wildman–Crippen MR) is 59.5 cm³/mol. The summed E-state index contributed by atoms with van der Waals surface area (Å²) < 4.78 is 25.4. The molecule has 0 aliphatic rings. The third-order valence-corrected chi connectivity index (χ3v) is 2.23. The lowest BCUT2D eigenvalue weighted by Crippen LogP contribution is -1.83. The summed E-state index contributed by atoms with van der Waals surface area (Å²) in [7, 11) is 0. The van der Waals surface area contributed by atoms with Crippen molar-refractivity contribution in [2.24, 2.45) is 0 Å². The quantitative estimate of drug-likeness (QED) is 0.625. The largest absolute Gasteiger partial charge is 0.204 e. The molecule has 0 aliphatic heterocycles. The molecule has 0 unspecified atom stereocenters. The Hall–Kier alpha value is -1.18. The van der Waals surface area contributed by atoms with Gasteiger partial charge in [-0.3, -0.25) is 0 Å². The van der Waals surface area contributed by atoms with Gasteiger partial charge in [0, 0.05) is 0 Å². The van der Waals surface area contributed by atoms with Gasteiger partial charge in [-0.05, 0) is 30.5 Å². The second-order valence-electron chi connectivity index (χ2n) is 3.57. The molecule has 0 fully saturated rings. The van der Waals surface area contributed by atoms with E-state index in [4.69, 9.17) is 0 Å². The molecular weight excluding hydrogens is 194 g/mol. The molecular formula is C13H16F2. The second kappa shape index (κ2) is 6.33. The zero-order valence-corrected chi connectivity index (χ0v) is 8.97. The molecule has 0 saturated carbocycles. The molecule has 82 valence electrons. The smallest absolute Gasteiger partial charge is 0.159 e. The minimum Gasteiger partial charge on any atom is -0.204 e. The van der Waals surface area contributed by atoms with E-state index in [-0.39, 0.29) is 0 Å². The highest BCUT2D eigenvalue weighted by Crippen LogP contribution is 2.11. The number of unbranched alkanes of at least 4 members (excludes halogenated alkanes) is 3. The van der Waals surface area contributed by atoms with Crippen LogP contribution in [-0.2, 0) is 0 Å². The number of hydrogen-bond acceptors (Lipinski definition) is 0. The van der Waals surface area contributed by atoms with E-state index in [2.05, 4.69) is 6.92 Å². The molecule has 0 spiro atoms. The van der Waals surface area contributed by atoms with Crippen molar-refractivity contribution in [1.29, 1.82) is 0 Å². The van der Waals surface area contributed by atoms with E-state index < -0.39 is 11.6 Å². The van der Waals surface area contributed by atoms with Crippen LogP contribution >= 0.6 is 0 Å². The SMILES string of the molecule is CCCCC/C=C/c1ccc(F)c(F)c1. The average Bonchev–Trinajstić information content (AvgIpc) is 2.23. The van der Waals surface area contributed by atoms with Gasteiger partial charge in [-0.2, -0.15) is 0 Å². The van der Waals surface area contributed by atoms with Gasteiger partial charge < -0.3 is 0 Å². The molecule has 2 heteroatoms. The van der Waals surface area contributed by atoms with Crippen molar-refractivity contribution < 1.29 is 8.78 Å². The summed E-state index contributed by atoms with van der Waals surface area (Å²) in [4.78, 5) is 0. The molecule has 1 aromatic rings. The van der Waals surface area contributed by atoms with E-state index in [1.54, 1.807) is 6.07 Å². The Kier molecular flexibility index (Phi) is 5.02. The van der Waals surface area contributed by atoms with Gasteiger partial charge in [0.2, 0.25) is 0 Å². The minimum absolute atomic E-state index is 0.713. The summed E-state index contributed by atoms with van der Waals surface area (Å²) in [6.07, 6.45) is 8.38. The Morgan fingerprint density at radius 1 is 1.13 bits per heavy atom. The Bertz CT molecular complexity index is 329. The highest BCUT2D eigenvalue weighted by atomic mass is 19.2. The maximum Gasteiger partial charge on any atom is 0.159 e. The molecule has 0 N–H and O–H groups in total. The third-order valence-electron chi connectivity index (χ3n) is 2.23. The fourth-order valence-electron chi connectivity index (χ4n) is 1.35. The van der Waals surface area contributed by atoms with Crippen molar-refractivity contribution in [3.8, 4) is 0 Å². The molecule has 0 heterocycles. The Morgan fingerprint density at radius 3 is 2.60 bits per heavy atom. The van der Waals surface area contributed by atoms with Crippen molar-refractivity contribution in [1.82, 2.24) is 0 Å². The Balaban J connectivity index is 2.46. The molecule has 0 bridgehead atoms. The van der Waals surface area contributed by atoms with Crippen molar-refractivity contribution in [2.45, 2.75) is 32.6 Å². The highest BCUT2D eigenvalue weighted by molar-refractivity contribution is 5.48. The van der Waals surface area contributed by atoms with Crippen LogP contribution in [0.4, 0.5) is 8.78 Å². The van der Waals surface area contributed by atoms with E-state index in [1.165, 1.54) is 18.9 Å². The number of hydrogen-bond donors (Lipinski definition) is 0. The van der Waals surface area contributed by atoms with Crippen LogP contribution in [0.2, 0.25) is 0 Å². The van der Waals surface area contributed by atoms with Crippen LogP contribution in [0.25, 0.3) is 6.08 Å². The zero-order chi connectivity index (χ0) is 11.1. The summed E-state index contributed by atoms with van der Waals surface area (Å²) in [5.74, 6) is -1.58. The van der Waals surface area contributed by atoms with E-state index in [1.807, 2.05) is 12.2 Å². The summed E-state index contributed by atoms with van der Waals surface area (Å²) >= 11 is 0. The fourth-order valence-corrected chi connectivity index (χ4v) is 1.35. The highest BCUT2D eigenvalue weighted by Gasteiger charge is 1.99. The van der Waals surface area contributed by atoms with Crippen molar-refractivity contribution in [2.75, 3.05) is 0 Å². The van der Waals surface area contributed by atoms with Crippen LogP contribution in [0.1, 0.15) is 38.2 Å². The van der Waals surface area contributed by atoms with Crippen molar-refractivity contribution in [3.63, 3.8) is 0 Å². The van der Waals surface area contributed by atoms with Gasteiger partial charge in [0.05, 0.1) is 0 Å². The topological polar surface area (TPSA) is 0 Å². The molecule has 0 amide bonds. The lowest BCUT2D eigenvalue weighted by Gasteiger charge is -1.96. The molecule has 1 rings (SSSR count). The first kappa shape index (κ1) is 11.9. The number of allylic oxidation sites excluding steroid dienone is 1. The van der Waals surface area contributed by atoms with Crippen LogP contribution < -0.4 is 0 Å². The monoisotopic (exact) mass is 210 g/mol. The van der Waals surface area contributed by atoms with Gasteiger partial charge in [-0.25, -0.2) is 8.78 Å². The normalized spacial score (nSPS) is 11.1. The Morgan fingerprint density at radius 2 is 1.93 bits per heavy atom. The summed E-state index contributed by atoms with van der Waals surface area (Å²) in [5, 5.41) is 0. The number of rotatable bonds is 5. The lowest BCUT2D eigenvalue weighted by atomic mass is 10.1. The van der Waals surface area contributed by atoms with Gasteiger partial charge >= 0.3 is 0 Å². The van der Waals surface area contributed by atoms with E-state index in [0.717, 1.165) is 18.9 Å². The third kappa shape index (κ3) is 4.24. The molecule has 0 saturated heterocycles. The molecule has 0 radical (unpaired) electrons. The number of benzene rings is 1. The van der Waals surface area contributed by atoms with Crippen LogP contribution in [0.5, 0.6) is 0 Å². The molecule has 0 aliphatic carbocycles. The van der Waals surface area contributed by atoms with Gasteiger partial charge in [-0.1, -0.05) is 38.0 Å². The van der Waals surface area contributed by atoms with Crippen molar-refractivity contribution in [3.05, 3.63) is 41.5 Å². The first-order valence-electron chi connectivity index (χ1n) is 5.35. The van der Waals surface area contributed by atoms with Gasteiger partial charge in [0.15, 0.2) is 11.6 Å². The fraction of sp³-hybridized carbons (Fsp3) is 0.385. The maximum absolute atomic E-state index is 12.8. The van der Waals surface area contributed by atoms with Crippen molar-refractivity contribution >= 4 is 6.08 Å². The second-order valence-corrected chi connectivity index (χ2v) is 3.57. The zero-order valence-electron chi connectivity index (χ0n) is 8.97. The van der Waals surface area contributed by atoms with Crippen LogP contribution in [-0.4, -0.2) is 0 Å². The first-order chi connectivity index (χ1) is 7.24. The van der Waals surface area contributed by atoms with Crippen LogP contribution in [0, 0.1) is 11.6 Å². The van der Waals surface area contributed by atoms with Gasteiger partial charge in [0.25, 0.3) is 0 Å². The lowest BCUT2D eigenvalue weighted by molar-refractivity contribution is 0.508. The number of halogens is 2. The minimum atomic E-state index is -0.793. The summed E-state index contributed by atoms with van der Waals surface area (Å²) in [6.45, 7) is 2.15.